The van der Waals surface area contributed by atoms with Crippen LogP contribution in [0, 0.1) is 0 Å². The van der Waals surface area contributed by atoms with Gasteiger partial charge in [0.05, 0.1) is 6.54 Å². The van der Waals surface area contributed by atoms with Crippen molar-refractivity contribution in [1.82, 2.24) is 14.8 Å². The number of ether oxygens (including phenoxy) is 1. The Morgan fingerprint density at radius 3 is 2.87 bits per heavy atom. The van der Waals surface area contributed by atoms with E-state index >= 15 is 0 Å². The molecule has 0 amide bonds. The van der Waals surface area contributed by atoms with E-state index in [9.17, 15) is 4.79 Å². The summed E-state index contributed by atoms with van der Waals surface area (Å²) in [6.07, 6.45) is 1.52. The molecule has 15 heavy (non-hydrogen) atoms. The molecular formula is C10H9N3O2. The number of hydrogen-bond acceptors (Lipinski definition) is 4. The number of carbonyl (C=O) groups is 1. The van der Waals surface area contributed by atoms with Crippen LogP contribution in [-0.4, -0.2) is 21.2 Å². The van der Waals surface area contributed by atoms with Crippen molar-refractivity contribution in [2.75, 3.05) is 0 Å². The predicted octanol–water partition coefficient (Wildman–Crippen LogP) is 0.862. The van der Waals surface area contributed by atoms with Crippen LogP contribution in [0.4, 0.5) is 0 Å². The normalized spacial score (nSPS) is 9.87. The molecule has 2 aromatic rings. The molecule has 0 aliphatic heterocycles. The van der Waals surface area contributed by atoms with Crippen molar-refractivity contribution < 1.29 is 9.53 Å². The van der Waals surface area contributed by atoms with Gasteiger partial charge in [0.15, 0.2) is 0 Å². The Morgan fingerprint density at radius 2 is 2.13 bits per heavy atom. The Morgan fingerprint density at radius 1 is 1.33 bits per heavy atom. The second-order valence-electron chi connectivity index (χ2n) is 2.92. The van der Waals surface area contributed by atoms with Crippen molar-refractivity contribution in [3.05, 3.63) is 42.2 Å². The summed E-state index contributed by atoms with van der Waals surface area (Å²) in [5.41, 5.74) is 1.11. The summed E-state index contributed by atoms with van der Waals surface area (Å²) >= 11 is 0. The molecule has 0 unspecified atom stereocenters. The SMILES string of the molecule is O=COc1ncn(Cc2ccccc2)n1. The van der Waals surface area contributed by atoms with Gasteiger partial charge in [0, 0.05) is 0 Å². The van der Waals surface area contributed by atoms with E-state index in [4.69, 9.17) is 0 Å². The number of rotatable bonds is 4. The fraction of sp³-hybridized carbons (Fsp3) is 0.100. The third-order valence-corrected chi connectivity index (χ3v) is 1.86. The lowest BCUT2D eigenvalue weighted by molar-refractivity contribution is -0.121. The first-order chi connectivity index (χ1) is 7.38. The molecule has 0 saturated carbocycles. The minimum atomic E-state index is 0.0703. The molecule has 0 saturated heterocycles. The van der Waals surface area contributed by atoms with Crippen molar-refractivity contribution in [2.24, 2.45) is 0 Å². The van der Waals surface area contributed by atoms with Crippen molar-refractivity contribution in [1.29, 1.82) is 0 Å². The number of aromatic nitrogens is 3. The number of nitrogens with zero attached hydrogens (tertiary/aromatic N) is 3. The molecular weight excluding hydrogens is 194 g/mol. The molecule has 1 aromatic carbocycles. The van der Waals surface area contributed by atoms with Gasteiger partial charge in [-0.2, -0.15) is 4.98 Å². The number of carbonyl (C=O) groups excluding carboxylic acids is 1. The van der Waals surface area contributed by atoms with E-state index in [0.29, 0.717) is 13.0 Å². The largest absolute Gasteiger partial charge is 0.392 e. The summed E-state index contributed by atoms with van der Waals surface area (Å²) in [6.45, 7) is 0.915. The minimum Gasteiger partial charge on any atom is -0.392 e. The Kier molecular flexibility index (Phi) is 2.73. The summed E-state index contributed by atoms with van der Waals surface area (Å²) in [5, 5.41) is 3.95. The maximum atomic E-state index is 10.0. The quantitative estimate of drug-likeness (QED) is 0.691. The van der Waals surface area contributed by atoms with Gasteiger partial charge >= 0.3 is 12.5 Å². The maximum Gasteiger partial charge on any atom is 0.343 e. The fourth-order valence-electron chi connectivity index (χ4n) is 1.22. The third kappa shape index (κ3) is 2.40. The molecule has 5 nitrogen and oxygen atoms in total. The fourth-order valence-corrected chi connectivity index (χ4v) is 1.22. The van der Waals surface area contributed by atoms with E-state index in [2.05, 4.69) is 14.8 Å². The number of benzene rings is 1. The number of hydrogen-bond donors (Lipinski definition) is 0. The van der Waals surface area contributed by atoms with Crippen LogP contribution in [0.2, 0.25) is 0 Å². The summed E-state index contributed by atoms with van der Waals surface area (Å²) in [5.74, 6) is 0. The van der Waals surface area contributed by atoms with Crippen molar-refractivity contribution in [3.63, 3.8) is 0 Å². The molecule has 1 heterocycles. The van der Waals surface area contributed by atoms with E-state index in [0.717, 1.165) is 5.56 Å². The maximum absolute atomic E-state index is 10.0. The van der Waals surface area contributed by atoms with Crippen LogP contribution in [0.5, 0.6) is 6.01 Å². The van der Waals surface area contributed by atoms with Crippen LogP contribution >= 0.6 is 0 Å². The molecule has 2 rings (SSSR count). The van der Waals surface area contributed by atoms with Gasteiger partial charge in [-0.05, 0) is 5.56 Å². The Balaban J connectivity index is 2.08. The molecule has 0 N–H and O–H groups in total. The molecule has 76 valence electrons. The van der Waals surface area contributed by atoms with Crippen molar-refractivity contribution in [3.8, 4) is 6.01 Å². The standard InChI is InChI=1S/C10H9N3O2/c14-8-15-10-11-7-13(12-10)6-9-4-2-1-3-5-9/h1-5,7-8H,6H2. The van der Waals surface area contributed by atoms with Gasteiger partial charge in [-0.3, -0.25) is 4.79 Å². The summed E-state index contributed by atoms with van der Waals surface area (Å²) in [6, 6.07) is 9.90. The summed E-state index contributed by atoms with van der Waals surface area (Å²) < 4.78 is 6.11. The summed E-state index contributed by atoms with van der Waals surface area (Å²) in [7, 11) is 0. The van der Waals surface area contributed by atoms with Crippen LogP contribution in [0.1, 0.15) is 5.56 Å². The average molecular weight is 203 g/mol. The van der Waals surface area contributed by atoms with Gasteiger partial charge < -0.3 is 4.74 Å². The Labute approximate surface area is 86.3 Å². The predicted molar refractivity (Wildman–Crippen MR) is 52.3 cm³/mol. The first-order valence-corrected chi connectivity index (χ1v) is 4.42. The van der Waals surface area contributed by atoms with E-state index < -0.39 is 0 Å². The van der Waals surface area contributed by atoms with E-state index in [1.54, 1.807) is 4.68 Å². The first kappa shape index (κ1) is 9.39. The molecule has 0 atom stereocenters. The lowest BCUT2D eigenvalue weighted by Gasteiger charge is -1.99. The third-order valence-electron chi connectivity index (χ3n) is 1.86. The van der Waals surface area contributed by atoms with E-state index in [-0.39, 0.29) is 6.01 Å². The molecule has 0 aliphatic rings. The second-order valence-corrected chi connectivity index (χ2v) is 2.92. The van der Waals surface area contributed by atoms with Crippen LogP contribution in [-0.2, 0) is 11.3 Å². The minimum absolute atomic E-state index is 0.0703. The van der Waals surface area contributed by atoms with Crippen LogP contribution in [0.3, 0.4) is 0 Å². The monoisotopic (exact) mass is 203 g/mol. The van der Waals surface area contributed by atoms with Gasteiger partial charge in [0.1, 0.15) is 6.33 Å². The van der Waals surface area contributed by atoms with Gasteiger partial charge in [-0.25, -0.2) is 4.68 Å². The van der Waals surface area contributed by atoms with E-state index in [1.807, 2.05) is 30.3 Å². The topological polar surface area (TPSA) is 57.0 Å². The smallest absolute Gasteiger partial charge is 0.343 e. The first-order valence-electron chi connectivity index (χ1n) is 4.42. The molecule has 1 aromatic heterocycles. The zero-order valence-electron chi connectivity index (χ0n) is 7.91. The van der Waals surface area contributed by atoms with Gasteiger partial charge in [0.2, 0.25) is 0 Å². The van der Waals surface area contributed by atoms with Crippen molar-refractivity contribution in [2.45, 2.75) is 6.54 Å². The molecule has 5 heteroatoms. The highest BCUT2D eigenvalue weighted by atomic mass is 16.5. The molecule has 0 spiro atoms. The summed E-state index contributed by atoms with van der Waals surface area (Å²) in [4.78, 5) is 13.8. The zero-order chi connectivity index (χ0) is 10.5. The van der Waals surface area contributed by atoms with Crippen LogP contribution < -0.4 is 4.74 Å². The van der Waals surface area contributed by atoms with Crippen LogP contribution in [0.15, 0.2) is 36.7 Å². The zero-order valence-corrected chi connectivity index (χ0v) is 7.91. The molecule has 0 radical (unpaired) electrons. The molecule has 0 fully saturated rings. The highest BCUT2D eigenvalue weighted by Gasteiger charge is 2.01. The molecule has 0 aliphatic carbocycles. The van der Waals surface area contributed by atoms with Gasteiger partial charge in [-0.15, -0.1) is 5.10 Å². The lowest BCUT2D eigenvalue weighted by atomic mass is 10.2. The highest BCUT2D eigenvalue weighted by molar-refractivity contribution is 5.41. The van der Waals surface area contributed by atoms with Crippen molar-refractivity contribution >= 4 is 6.47 Å². The molecule has 0 bridgehead atoms. The highest BCUT2D eigenvalue weighted by Crippen LogP contribution is 2.03. The Bertz CT molecular complexity index is 439. The van der Waals surface area contributed by atoms with Crippen LogP contribution in [0.25, 0.3) is 0 Å². The second kappa shape index (κ2) is 4.36. The Hall–Kier alpha value is -2.17. The van der Waals surface area contributed by atoms with Gasteiger partial charge in [-0.1, -0.05) is 30.3 Å². The van der Waals surface area contributed by atoms with Gasteiger partial charge in [0.25, 0.3) is 0 Å². The lowest BCUT2D eigenvalue weighted by Crippen LogP contribution is -2.00. The van der Waals surface area contributed by atoms with E-state index in [1.165, 1.54) is 6.33 Å². The average Bonchev–Trinajstić information content (AvgIpc) is 2.68.